The minimum Gasteiger partial charge on any atom is -0.293 e. The van der Waals surface area contributed by atoms with Gasteiger partial charge in [0, 0.05) is 11.8 Å². The van der Waals surface area contributed by atoms with Crippen molar-refractivity contribution < 1.29 is 26.4 Å². The molecule has 6 aromatic rings. The van der Waals surface area contributed by atoms with Crippen LogP contribution >= 0.6 is 0 Å². The maximum absolute atomic E-state index is 13.5. The fourth-order valence-electron chi connectivity index (χ4n) is 7.89. The van der Waals surface area contributed by atoms with Crippen LogP contribution in [0.3, 0.4) is 0 Å². The molecule has 8 rings (SSSR count). The number of benzene rings is 6. The predicted molar refractivity (Wildman–Crippen MR) is 231 cm³/mol. The SMILES string of the molecule is Cc1ccc(S(=O)(=O)[C@@H]2C(=O)C=C(c3ccccc3)C[C@H]2c2ccccc2)cc1.Cc1ccc(S(=O)(=O)[C@@H]2C(=O)C=C(c3ccccc3)C[C@H]2c2ccccc2)cc1. The van der Waals surface area contributed by atoms with Crippen molar-refractivity contribution in [2.45, 2.75) is 58.8 Å². The molecule has 0 spiro atoms. The molecule has 0 unspecified atom stereocenters. The Morgan fingerprint density at radius 3 is 1.00 bits per heavy atom. The highest BCUT2D eigenvalue weighted by Crippen LogP contribution is 2.42. The molecule has 6 nitrogen and oxygen atoms in total. The quantitative estimate of drug-likeness (QED) is 0.152. The first-order valence-electron chi connectivity index (χ1n) is 19.2. The second-order valence-electron chi connectivity index (χ2n) is 14.9. The number of hydrogen-bond donors (Lipinski definition) is 0. The minimum atomic E-state index is -3.83. The van der Waals surface area contributed by atoms with E-state index < -0.39 is 42.0 Å². The van der Waals surface area contributed by atoms with Crippen molar-refractivity contribution in [2.75, 3.05) is 0 Å². The maximum atomic E-state index is 13.5. The lowest BCUT2D eigenvalue weighted by Crippen LogP contribution is -2.38. The normalized spacial score (nSPS) is 19.6. The molecule has 6 aromatic carbocycles. The van der Waals surface area contributed by atoms with E-state index in [1.807, 2.05) is 135 Å². The average molecular weight is 805 g/mol. The molecule has 2 aliphatic rings. The van der Waals surface area contributed by atoms with E-state index in [2.05, 4.69) is 0 Å². The number of rotatable bonds is 8. The summed E-state index contributed by atoms with van der Waals surface area (Å²) in [5.74, 6) is -1.58. The molecule has 0 fully saturated rings. The molecular weight excluding hydrogens is 761 g/mol. The van der Waals surface area contributed by atoms with Crippen LogP contribution in [0.4, 0.5) is 0 Å². The maximum Gasteiger partial charge on any atom is 0.189 e. The number of carbonyl (C=O) groups is 2. The van der Waals surface area contributed by atoms with Crippen LogP contribution in [-0.4, -0.2) is 38.9 Å². The van der Waals surface area contributed by atoms with Crippen LogP contribution in [0.15, 0.2) is 192 Å². The van der Waals surface area contributed by atoms with Gasteiger partial charge in [-0.3, -0.25) is 9.59 Å². The highest BCUT2D eigenvalue weighted by atomic mass is 32.2. The van der Waals surface area contributed by atoms with Crippen LogP contribution in [0.2, 0.25) is 0 Å². The van der Waals surface area contributed by atoms with Gasteiger partial charge in [-0.05, 0) is 96.5 Å². The summed E-state index contributed by atoms with van der Waals surface area (Å²) in [5, 5.41) is -2.25. The number of aryl methyl sites for hydroxylation is 2. The minimum absolute atomic E-state index is 0.193. The molecule has 0 saturated heterocycles. The van der Waals surface area contributed by atoms with Gasteiger partial charge < -0.3 is 0 Å². The van der Waals surface area contributed by atoms with E-state index >= 15 is 0 Å². The van der Waals surface area contributed by atoms with Gasteiger partial charge in [0.05, 0.1) is 9.79 Å². The summed E-state index contributed by atoms with van der Waals surface area (Å²) < 4.78 is 53.9. The zero-order valence-corrected chi connectivity index (χ0v) is 33.9. The van der Waals surface area contributed by atoms with Gasteiger partial charge in [-0.15, -0.1) is 0 Å². The van der Waals surface area contributed by atoms with E-state index in [1.165, 1.54) is 12.2 Å². The molecule has 8 heteroatoms. The lowest BCUT2D eigenvalue weighted by atomic mass is 9.80. The third kappa shape index (κ3) is 8.64. The second-order valence-corrected chi connectivity index (χ2v) is 19.0. The molecule has 0 saturated carbocycles. The summed E-state index contributed by atoms with van der Waals surface area (Å²) in [5.41, 5.74) is 7.33. The van der Waals surface area contributed by atoms with Crippen molar-refractivity contribution in [2.24, 2.45) is 0 Å². The van der Waals surface area contributed by atoms with Gasteiger partial charge in [0.25, 0.3) is 0 Å². The predicted octanol–water partition coefficient (Wildman–Crippen LogP) is 9.96. The van der Waals surface area contributed by atoms with Gasteiger partial charge in [-0.1, -0.05) is 157 Å². The number of carbonyl (C=O) groups excluding carboxylic acids is 2. The summed E-state index contributed by atoms with van der Waals surface area (Å²) in [6, 6.07) is 51.8. The molecule has 2 aliphatic carbocycles. The zero-order valence-electron chi connectivity index (χ0n) is 32.3. The van der Waals surface area contributed by atoms with Crippen LogP contribution in [0.5, 0.6) is 0 Å². The van der Waals surface area contributed by atoms with Gasteiger partial charge in [-0.2, -0.15) is 0 Å². The number of ketones is 2. The van der Waals surface area contributed by atoms with E-state index in [9.17, 15) is 26.4 Å². The number of hydrogen-bond acceptors (Lipinski definition) is 6. The summed E-state index contributed by atoms with van der Waals surface area (Å²) in [6.45, 7) is 3.81. The van der Waals surface area contributed by atoms with Gasteiger partial charge in [0.1, 0.15) is 10.5 Å². The summed E-state index contributed by atoms with van der Waals surface area (Å²) in [4.78, 5) is 26.8. The number of sulfone groups is 2. The smallest absolute Gasteiger partial charge is 0.189 e. The standard InChI is InChI=1S/2C25H22O3S/c2*1-18-12-14-22(15-13-18)29(27,28)25-23(20-10-6-3-7-11-20)16-21(17-24(25)26)19-8-4-2-5-9-19/h2*2-15,17,23,25H,16H2,1H3/t2*23-,25-/m00/s1. The Morgan fingerprint density at radius 2 is 0.690 bits per heavy atom. The summed E-state index contributed by atoms with van der Waals surface area (Å²) in [6.07, 6.45) is 4.03. The van der Waals surface area contributed by atoms with Gasteiger partial charge >= 0.3 is 0 Å². The Balaban J connectivity index is 0.000000177. The molecule has 292 valence electrons. The largest absolute Gasteiger partial charge is 0.293 e. The van der Waals surface area contributed by atoms with E-state index in [1.54, 1.807) is 48.5 Å². The Labute approximate surface area is 341 Å². The fraction of sp³-hybridized carbons (Fsp3) is 0.160. The molecular formula is C50H44O6S2. The summed E-state index contributed by atoms with van der Waals surface area (Å²) in [7, 11) is -7.65. The van der Waals surface area contributed by atoms with Crippen molar-refractivity contribution >= 4 is 42.4 Å². The van der Waals surface area contributed by atoms with E-state index in [4.69, 9.17) is 0 Å². The van der Waals surface area contributed by atoms with Crippen molar-refractivity contribution in [1.29, 1.82) is 0 Å². The molecule has 0 radical (unpaired) electrons. The van der Waals surface area contributed by atoms with Gasteiger partial charge in [-0.25, -0.2) is 16.8 Å². The molecule has 0 N–H and O–H groups in total. The lowest BCUT2D eigenvalue weighted by Gasteiger charge is -2.30. The van der Waals surface area contributed by atoms with Crippen LogP contribution in [-0.2, 0) is 29.3 Å². The monoisotopic (exact) mass is 804 g/mol. The van der Waals surface area contributed by atoms with Gasteiger partial charge in [0.2, 0.25) is 0 Å². The zero-order chi connectivity index (χ0) is 40.9. The molecule has 4 atom stereocenters. The molecule has 0 aliphatic heterocycles. The average Bonchev–Trinajstić information content (AvgIpc) is 3.24. The third-order valence-corrected chi connectivity index (χ3v) is 15.2. The Bertz CT molecular complexity index is 2480. The van der Waals surface area contributed by atoms with E-state index in [-0.39, 0.29) is 21.4 Å². The topological polar surface area (TPSA) is 102 Å². The van der Waals surface area contributed by atoms with Crippen molar-refractivity contribution in [1.82, 2.24) is 0 Å². The third-order valence-electron chi connectivity index (χ3n) is 10.9. The first-order chi connectivity index (χ1) is 27.9. The second kappa shape index (κ2) is 17.3. The highest BCUT2D eigenvalue weighted by molar-refractivity contribution is 7.93. The Hall–Kier alpha value is -5.96. The Morgan fingerprint density at radius 1 is 0.397 bits per heavy atom. The van der Waals surface area contributed by atoms with Crippen LogP contribution in [0.1, 0.15) is 58.1 Å². The van der Waals surface area contributed by atoms with E-state index in [0.29, 0.717) is 12.8 Å². The highest BCUT2D eigenvalue weighted by Gasteiger charge is 2.44. The van der Waals surface area contributed by atoms with Crippen LogP contribution in [0.25, 0.3) is 11.1 Å². The molecule has 58 heavy (non-hydrogen) atoms. The Kier molecular flexibility index (Phi) is 12.0. The van der Waals surface area contributed by atoms with Crippen molar-refractivity contribution in [3.05, 3.63) is 215 Å². The lowest BCUT2D eigenvalue weighted by molar-refractivity contribution is -0.115. The van der Waals surface area contributed by atoms with Crippen molar-refractivity contribution in [3.63, 3.8) is 0 Å². The fourth-order valence-corrected chi connectivity index (χ4v) is 11.6. The van der Waals surface area contributed by atoms with Crippen LogP contribution < -0.4 is 0 Å². The first kappa shape index (κ1) is 40.2. The molecule has 0 heterocycles. The van der Waals surface area contributed by atoms with E-state index in [0.717, 1.165) is 44.5 Å². The van der Waals surface area contributed by atoms with Crippen LogP contribution in [0, 0.1) is 13.8 Å². The number of allylic oxidation sites excluding steroid dienone is 4. The molecule has 0 aromatic heterocycles. The molecule has 0 bridgehead atoms. The van der Waals surface area contributed by atoms with Gasteiger partial charge in [0.15, 0.2) is 31.2 Å². The first-order valence-corrected chi connectivity index (χ1v) is 22.3. The van der Waals surface area contributed by atoms with Crippen molar-refractivity contribution in [3.8, 4) is 0 Å². The summed E-state index contributed by atoms with van der Waals surface area (Å²) >= 11 is 0. The molecule has 0 amide bonds.